The average molecular weight is 259 g/mol. The van der Waals surface area contributed by atoms with E-state index in [9.17, 15) is 4.79 Å². The highest BCUT2D eigenvalue weighted by Gasteiger charge is 2.07. The van der Waals surface area contributed by atoms with Crippen molar-refractivity contribution in [3.8, 4) is 5.75 Å². The number of esters is 1. The summed E-state index contributed by atoms with van der Waals surface area (Å²) in [6.45, 7) is 1.96. The molecule has 94 valence electrons. The van der Waals surface area contributed by atoms with Crippen LogP contribution in [0.15, 0.2) is 18.2 Å². The van der Waals surface area contributed by atoms with Crippen molar-refractivity contribution in [1.82, 2.24) is 0 Å². The molecule has 0 aromatic heterocycles. The maximum absolute atomic E-state index is 11.1. The summed E-state index contributed by atoms with van der Waals surface area (Å²) >= 11 is 5.97. The smallest absolute Gasteiger partial charge is 0.344 e. The van der Waals surface area contributed by atoms with Crippen LogP contribution >= 0.6 is 11.6 Å². The number of aliphatic hydroxyl groups is 1. The van der Waals surface area contributed by atoms with E-state index in [0.717, 1.165) is 5.56 Å². The molecule has 0 aliphatic rings. The molecule has 0 atom stereocenters. The van der Waals surface area contributed by atoms with Crippen LogP contribution in [0.5, 0.6) is 5.75 Å². The Kier molecular flexibility index (Phi) is 5.80. The lowest BCUT2D eigenvalue weighted by atomic mass is 10.1. The highest BCUT2D eigenvalue weighted by atomic mass is 35.5. The van der Waals surface area contributed by atoms with E-state index < -0.39 is 5.97 Å². The summed E-state index contributed by atoms with van der Waals surface area (Å²) in [4.78, 5) is 11.1. The van der Waals surface area contributed by atoms with Gasteiger partial charge in [-0.1, -0.05) is 17.7 Å². The van der Waals surface area contributed by atoms with Gasteiger partial charge in [0.1, 0.15) is 5.75 Å². The Bertz CT molecular complexity index is 379. The van der Waals surface area contributed by atoms with Gasteiger partial charge in [0.25, 0.3) is 0 Å². The lowest BCUT2D eigenvalue weighted by Gasteiger charge is -2.08. The molecule has 0 spiro atoms. The molecule has 0 bridgehead atoms. The zero-order chi connectivity index (χ0) is 12.7. The Hall–Kier alpha value is -1.26. The van der Waals surface area contributed by atoms with Crippen LogP contribution in [0.2, 0.25) is 5.02 Å². The van der Waals surface area contributed by atoms with Crippen LogP contribution in [-0.2, 0) is 16.0 Å². The number of carbonyl (C=O) groups excluding carboxylic acids is 1. The fraction of sp³-hybridized carbons (Fsp3) is 0.417. The molecule has 1 aromatic rings. The third-order valence-corrected chi connectivity index (χ3v) is 2.34. The first-order valence-corrected chi connectivity index (χ1v) is 5.73. The molecule has 1 aromatic carbocycles. The average Bonchev–Trinajstić information content (AvgIpc) is 2.29. The van der Waals surface area contributed by atoms with Gasteiger partial charge in [0.05, 0.1) is 11.6 Å². The number of benzene rings is 1. The number of ether oxygens (including phenoxy) is 2. The predicted octanol–water partition coefficient (Wildman–Crippen LogP) is 1.82. The number of carbonyl (C=O) groups is 1. The molecule has 0 radical (unpaired) electrons. The molecule has 0 aliphatic heterocycles. The Balaban J connectivity index is 2.57. The lowest BCUT2D eigenvalue weighted by molar-refractivity contribution is -0.145. The van der Waals surface area contributed by atoms with E-state index in [1.165, 1.54) is 0 Å². The fourth-order valence-electron chi connectivity index (χ4n) is 1.29. The van der Waals surface area contributed by atoms with Crippen molar-refractivity contribution < 1.29 is 19.4 Å². The predicted molar refractivity (Wildman–Crippen MR) is 64.4 cm³/mol. The van der Waals surface area contributed by atoms with E-state index >= 15 is 0 Å². The Morgan fingerprint density at radius 3 is 2.82 bits per heavy atom. The van der Waals surface area contributed by atoms with E-state index in [1.54, 1.807) is 25.1 Å². The number of hydrogen-bond donors (Lipinski definition) is 1. The second kappa shape index (κ2) is 7.14. The van der Waals surface area contributed by atoms with Gasteiger partial charge in [-0.2, -0.15) is 0 Å². The second-order valence-electron chi connectivity index (χ2n) is 3.33. The van der Waals surface area contributed by atoms with Crippen LogP contribution in [0, 0.1) is 0 Å². The number of hydrogen-bond acceptors (Lipinski definition) is 4. The van der Waals surface area contributed by atoms with Crippen molar-refractivity contribution in [1.29, 1.82) is 0 Å². The maximum atomic E-state index is 11.1. The minimum Gasteiger partial charge on any atom is -0.480 e. The van der Waals surface area contributed by atoms with E-state index in [-0.39, 0.29) is 13.2 Å². The molecule has 0 amide bonds. The van der Waals surface area contributed by atoms with Crippen LogP contribution in [0.3, 0.4) is 0 Å². The van der Waals surface area contributed by atoms with E-state index in [0.29, 0.717) is 23.8 Å². The van der Waals surface area contributed by atoms with Crippen LogP contribution in [0.1, 0.15) is 12.5 Å². The quantitative estimate of drug-likeness (QED) is 0.791. The zero-order valence-electron chi connectivity index (χ0n) is 9.61. The van der Waals surface area contributed by atoms with Crippen LogP contribution in [0.4, 0.5) is 0 Å². The van der Waals surface area contributed by atoms with Crippen molar-refractivity contribution in [2.45, 2.75) is 13.3 Å². The monoisotopic (exact) mass is 258 g/mol. The molecule has 17 heavy (non-hydrogen) atoms. The van der Waals surface area contributed by atoms with Gasteiger partial charge in [0, 0.05) is 6.61 Å². The molecule has 0 unspecified atom stereocenters. The largest absolute Gasteiger partial charge is 0.480 e. The fourth-order valence-corrected chi connectivity index (χ4v) is 1.54. The van der Waals surface area contributed by atoms with E-state index in [2.05, 4.69) is 0 Å². The maximum Gasteiger partial charge on any atom is 0.344 e. The molecule has 0 fully saturated rings. The van der Waals surface area contributed by atoms with Crippen LogP contribution in [-0.4, -0.2) is 30.9 Å². The molecule has 0 saturated carbocycles. The van der Waals surface area contributed by atoms with Gasteiger partial charge in [0.2, 0.25) is 0 Å². The molecule has 5 heteroatoms. The topological polar surface area (TPSA) is 55.8 Å². The summed E-state index contributed by atoms with van der Waals surface area (Å²) in [5.74, 6) is 0.00408. The minimum atomic E-state index is -0.428. The first-order valence-electron chi connectivity index (χ1n) is 5.35. The van der Waals surface area contributed by atoms with Gasteiger partial charge < -0.3 is 14.6 Å². The Labute approximate surface area is 105 Å². The zero-order valence-corrected chi connectivity index (χ0v) is 10.4. The van der Waals surface area contributed by atoms with Crippen molar-refractivity contribution in [3.05, 3.63) is 28.8 Å². The van der Waals surface area contributed by atoms with Crippen molar-refractivity contribution in [2.24, 2.45) is 0 Å². The van der Waals surface area contributed by atoms with Gasteiger partial charge in [0.15, 0.2) is 6.61 Å². The number of rotatable bonds is 6. The van der Waals surface area contributed by atoms with Crippen LogP contribution < -0.4 is 4.74 Å². The summed E-state index contributed by atoms with van der Waals surface area (Å²) in [5, 5.41) is 9.20. The normalized spacial score (nSPS) is 10.1. The van der Waals surface area contributed by atoms with E-state index in [4.69, 9.17) is 26.2 Å². The van der Waals surface area contributed by atoms with Crippen LogP contribution in [0.25, 0.3) is 0 Å². The number of aliphatic hydroxyl groups excluding tert-OH is 1. The summed E-state index contributed by atoms with van der Waals surface area (Å²) in [7, 11) is 0. The highest BCUT2D eigenvalue weighted by Crippen LogP contribution is 2.25. The molecule has 1 rings (SSSR count). The first-order chi connectivity index (χ1) is 8.17. The van der Waals surface area contributed by atoms with Gasteiger partial charge in [-0.05, 0) is 31.0 Å². The second-order valence-corrected chi connectivity index (χ2v) is 3.74. The summed E-state index contributed by atoms with van der Waals surface area (Å²) in [6, 6.07) is 5.17. The van der Waals surface area contributed by atoms with Gasteiger partial charge in [-0.3, -0.25) is 0 Å². The molecule has 1 N–H and O–H groups in total. The Morgan fingerprint density at radius 1 is 1.47 bits per heavy atom. The third-order valence-electron chi connectivity index (χ3n) is 2.05. The first kappa shape index (κ1) is 13.8. The standard InChI is InChI=1S/C12H15ClO4/c1-2-16-12(15)8-17-11-4-3-9(5-6-14)7-10(11)13/h3-4,7,14H,2,5-6,8H2,1H3. The van der Waals surface area contributed by atoms with Gasteiger partial charge >= 0.3 is 5.97 Å². The molecular weight excluding hydrogens is 244 g/mol. The summed E-state index contributed by atoms with van der Waals surface area (Å²) < 4.78 is 9.94. The molecular formula is C12H15ClO4. The molecule has 0 saturated heterocycles. The van der Waals surface area contributed by atoms with Crippen molar-refractivity contribution in [2.75, 3.05) is 19.8 Å². The molecule has 4 nitrogen and oxygen atoms in total. The molecule has 0 aliphatic carbocycles. The minimum absolute atomic E-state index is 0.0688. The van der Waals surface area contributed by atoms with E-state index in [1.807, 2.05) is 0 Å². The highest BCUT2D eigenvalue weighted by molar-refractivity contribution is 6.32. The third kappa shape index (κ3) is 4.63. The molecule has 0 heterocycles. The Morgan fingerprint density at radius 2 is 2.24 bits per heavy atom. The van der Waals surface area contributed by atoms with Gasteiger partial charge in [-0.25, -0.2) is 4.79 Å². The van der Waals surface area contributed by atoms with Gasteiger partial charge in [-0.15, -0.1) is 0 Å². The van der Waals surface area contributed by atoms with Crippen molar-refractivity contribution >= 4 is 17.6 Å². The van der Waals surface area contributed by atoms with Crippen molar-refractivity contribution in [3.63, 3.8) is 0 Å². The number of halogens is 1. The lowest BCUT2D eigenvalue weighted by Crippen LogP contribution is -2.14. The SMILES string of the molecule is CCOC(=O)COc1ccc(CCO)cc1Cl. The summed E-state index contributed by atoms with van der Waals surface area (Å²) in [6.07, 6.45) is 0.540. The summed E-state index contributed by atoms with van der Waals surface area (Å²) in [5.41, 5.74) is 0.918.